The minimum Gasteiger partial charge on any atom is -0.290 e. The first kappa shape index (κ1) is 24.0. The normalized spacial score (nSPS) is 17.8. The number of carbonyl (C=O) groups excluding carboxylic acids is 1. The summed E-state index contributed by atoms with van der Waals surface area (Å²) in [5, 5.41) is 21.6. The highest BCUT2D eigenvalue weighted by molar-refractivity contribution is 5.94. The lowest BCUT2D eigenvalue weighted by atomic mass is 9.77. The molecule has 2 N–H and O–H groups in total. The van der Waals surface area contributed by atoms with Gasteiger partial charge in [-0.2, -0.15) is 10.3 Å². The summed E-state index contributed by atoms with van der Waals surface area (Å²) in [5.41, 5.74) is 3.67. The second-order valence-corrected chi connectivity index (χ2v) is 9.69. The van der Waals surface area contributed by atoms with E-state index in [-0.39, 0.29) is 11.7 Å². The molecule has 2 unspecified atom stereocenters. The van der Waals surface area contributed by atoms with Crippen LogP contribution in [0.25, 0.3) is 22.5 Å². The molecule has 9 nitrogen and oxygen atoms in total. The Balaban J connectivity index is 1.23. The molecule has 0 saturated heterocycles. The number of tetrazole rings is 1. The maximum atomic E-state index is 13.1. The highest BCUT2D eigenvalue weighted by Crippen LogP contribution is 2.34. The Morgan fingerprint density at radius 2 is 1.94 bits per heavy atom. The number of aromatic amines is 2. The van der Waals surface area contributed by atoms with Gasteiger partial charge in [0.1, 0.15) is 5.82 Å². The van der Waals surface area contributed by atoms with E-state index in [1.54, 1.807) is 0 Å². The van der Waals surface area contributed by atoms with Crippen LogP contribution in [0.15, 0.2) is 42.6 Å². The Labute approximate surface area is 210 Å². The van der Waals surface area contributed by atoms with Crippen LogP contribution >= 0.6 is 0 Å². The Morgan fingerprint density at radius 3 is 2.72 bits per heavy atom. The van der Waals surface area contributed by atoms with Crippen molar-refractivity contribution >= 4 is 5.78 Å². The number of Topliss-reactive ketones (excluding diaryl/α,β-unsaturated/α-hetero) is 1. The molecule has 3 aromatic heterocycles. The molecule has 2 atom stereocenters. The predicted octanol–water partition coefficient (Wildman–Crippen LogP) is 5.21. The minimum absolute atomic E-state index is 0.0470. The van der Waals surface area contributed by atoms with Crippen LogP contribution in [0.3, 0.4) is 0 Å². The molecule has 0 spiro atoms. The number of nitrogens with one attached hydrogen (secondary N) is 2. The van der Waals surface area contributed by atoms with Crippen LogP contribution in [-0.4, -0.2) is 46.6 Å². The van der Waals surface area contributed by atoms with E-state index >= 15 is 0 Å². The number of unbranched alkanes of at least 4 members (excludes halogenated alkanes) is 2. The van der Waals surface area contributed by atoms with Gasteiger partial charge in [0.15, 0.2) is 0 Å². The quantitative estimate of drug-likeness (QED) is 0.234. The van der Waals surface area contributed by atoms with Crippen LogP contribution in [0.4, 0.5) is 0 Å². The topological polar surface area (TPSA) is 126 Å². The van der Waals surface area contributed by atoms with E-state index in [0.29, 0.717) is 29.8 Å². The Bertz CT molecular complexity index is 1270. The number of aromatic nitrogens is 8. The van der Waals surface area contributed by atoms with Crippen molar-refractivity contribution in [3.8, 4) is 22.5 Å². The van der Waals surface area contributed by atoms with Gasteiger partial charge < -0.3 is 0 Å². The number of pyridine rings is 1. The van der Waals surface area contributed by atoms with E-state index in [1.807, 2.05) is 42.6 Å². The highest BCUT2D eigenvalue weighted by Gasteiger charge is 2.29. The summed E-state index contributed by atoms with van der Waals surface area (Å²) in [7, 11) is 0. The van der Waals surface area contributed by atoms with E-state index in [4.69, 9.17) is 0 Å². The smallest absolute Gasteiger partial charge is 0.217 e. The van der Waals surface area contributed by atoms with Crippen LogP contribution in [0.2, 0.25) is 0 Å². The van der Waals surface area contributed by atoms with E-state index in [1.165, 1.54) is 32.1 Å². The van der Waals surface area contributed by atoms with E-state index < -0.39 is 0 Å². The van der Waals surface area contributed by atoms with E-state index in [9.17, 15) is 4.79 Å². The average Bonchev–Trinajstić information content (AvgIpc) is 3.62. The molecule has 0 bridgehead atoms. The maximum Gasteiger partial charge on any atom is 0.217 e. The molecule has 1 aromatic carbocycles. The van der Waals surface area contributed by atoms with E-state index in [2.05, 4.69) is 47.7 Å². The number of hydrogen-bond acceptors (Lipinski definition) is 7. The van der Waals surface area contributed by atoms with Crippen LogP contribution in [0.1, 0.15) is 80.4 Å². The molecule has 186 valence electrons. The fraction of sp³-hybridized carbons (Fsp3) is 0.444. The van der Waals surface area contributed by atoms with Crippen molar-refractivity contribution in [1.82, 2.24) is 40.8 Å². The highest BCUT2D eigenvalue weighted by atomic mass is 16.1. The largest absolute Gasteiger partial charge is 0.290 e. The lowest BCUT2D eigenvalue weighted by Crippen LogP contribution is -2.24. The SMILES string of the molecule is CCCCCC1CCCC(C(=O)c2n[nH]c(Cc3ccc(-c4ccccc4-c4nn[nH]n4)cn3)n2)C1. The van der Waals surface area contributed by atoms with Gasteiger partial charge in [-0.15, -0.1) is 10.2 Å². The van der Waals surface area contributed by atoms with E-state index in [0.717, 1.165) is 41.6 Å². The van der Waals surface area contributed by atoms with Gasteiger partial charge in [0.25, 0.3) is 0 Å². The van der Waals surface area contributed by atoms with Crippen LogP contribution < -0.4 is 0 Å². The molecule has 1 fully saturated rings. The standard InChI is InChI=1S/C27H32N8O/c1-2-3-4-8-18-9-7-10-19(15-18)25(36)27-29-24(30-31-27)16-21-14-13-20(17-28-21)22-11-5-6-12-23(22)26-32-34-35-33-26/h5-6,11-14,17-19H,2-4,7-10,15-16H2,1H3,(H,29,30,31)(H,32,33,34,35). The summed E-state index contributed by atoms with van der Waals surface area (Å²) < 4.78 is 0. The number of carbonyl (C=O) groups is 1. The summed E-state index contributed by atoms with van der Waals surface area (Å²) >= 11 is 0. The predicted molar refractivity (Wildman–Crippen MR) is 136 cm³/mol. The molecule has 36 heavy (non-hydrogen) atoms. The van der Waals surface area contributed by atoms with Gasteiger partial charge in [-0.25, -0.2) is 4.98 Å². The summed E-state index contributed by atoms with van der Waals surface area (Å²) in [6.45, 7) is 2.23. The zero-order valence-corrected chi connectivity index (χ0v) is 20.7. The van der Waals surface area contributed by atoms with Gasteiger partial charge >= 0.3 is 0 Å². The molecule has 1 aliphatic rings. The van der Waals surface area contributed by atoms with Crippen LogP contribution in [-0.2, 0) is 6.42 Å². The molecule has 3 heterocycles. The number of nitrogens with zero attached hydrogens (tertiary/aromatic N) is 6. The van der Waals surface area contributed by atoms with Crippen LogP contribution in [0, 0.1) is 11.8 Å². The summed E-state index contributed by atoms with van der Waals surface area (Å²) in [5.74, 6) is 2.30. The average molecular weight is 485 g/mol. The Morgan fingerprint density at radius 1 is 1.06 bits per heavy atom. The molecule has 1 saturated carbocycles. The van der Waals surface area contributed by atoms with Crippen molar-refractivity contribution in [2.24, 2.45) is 11.8 Å². The molecular formula is C27H32N8O. The zero-order chi connectivity index (χ0) is 24.7. The first-order valence-corrected chi connectivity index (χ1v) is 12.9. The number of rotatable bonds is 10. The summed E-state index contributed by atoms with van der Waals surface area (Å²) in [4.78, 5) is 22.2. The monoisotopic (exact) mass is 484 g/mol. The van der Waals surface area contributed by atoms with Crippen molar-refractivity contribution in [2.45, 2.75) is 64.7 Å². The Kier molecular flexibility index (Phi) is 7.54. The molecule has 0 radical (unpaired) electrons. The van der Waals surface area contributed by atoms with Crippen molar-refractivity contribution in [3.05, 3.63) is 59.9 Å². The van der Waals surface area contributed by atoms with Gasteiger partial charge in [-0.3, -0.25) is 14.9 Å². The molecule has 0 amide bonds. The summed E-state index contributed by atoms with van der Waals surface area (Å²) in [6, 6.07) is 11.9. The number of benzene rings is 1. The maximum absolute atomic E-state index is 13.1. The van der Waals surface area contributed by atoms with Gasteiger partial charge in [0.05, 0.1) is 0 Å². The fourth-order valence-electron chi connectivity index (χ4n) is 5.21. The second-order valence-electron chi connectivity index (χ2n) is 9.69. The van der Waals surface area contributed by atoms with Gasteiger partial charge in [-0.05, 0) is 35.6 Å². The van der Waals surface area contributed by atoms with Gasteiger partial charge in [0.2, 0.25) is 17.4 Å². The third kappa shape index (κ3) is 5.56. The Hall–Kier alpha value is -3.75. The molecule has 4 aromatic rings. The van der Waals surface area contributed by atoms with Crippen molar-refractivity contribution < 1.29 is 4.79 Å². The lowest BCUT2D eigenvalue weighted by molar-refractivity contribution is 0.0848. The first-order valence-electron chi connectivity index (χ1n) is 12.9. The number of hydrogen-bond donors (Lipinski definition) is 2. The fourth-order valence-corrected chi connectivity index (χ4v) is 5.21. The van der Waals surface area contributed by atoms with Crippen molar-refractivity contribution in [2.75, 3.05) is 0 Å². The molecule has 9 heteroatoms. The third-order valence-electron chi connectivity index (χ3n) is 7.12. The number of ketones is 1. The lowest BCUT2D eigenvalue weighted by Gasteiger charge is -2.27. The third-order valence-corrected chi connectivity index (χ3v) is 7.12. The minimum atomic E-state index is 0.0470. The number of H-pyrrole nitrogens is 2. The van der Waals surface area contributed by atoms with Gasteiger partial charge in [0, 0.05) is 35.4 Å². The van der Waals surface area contributed by atoms with Crippen molar-refractivity contribution in [3.63, 3.8) is 0 Å². The van der Waals surface area contributed by atoms with Crippen molar-refractivity contribution in [1.29, 1.82) is 0 Å². The zero-order valence-electron chi connectivity index (χ0n) is 20.7. The molecule has 0 aliphatic heterocycles. The van der Waals surface area contributed by atoms with Gasteiger partial charge in [-0.1, -0.05) is 75.8 Å². The summed E-state index contributed by atoms with van der Waals surface area (Å²) in [6.07, 6.45) is 11.6. The second kappa shape index (κ2) is 11.3. The van der Waals surface area contributed by atoms with Crippen LogP contribution in [0.5, 0.6) is 0 Å². The first-order chi connectivity index (χ1) is 17.7. The molecular weight excluding hydrogens is 452 g/mol. The molecule has 5 rings (SSSR count). The molecule has 1 aliphatic carbocycles.